The number of ketones is 1. The molecule has 0 atom stereocenters. The molecule has 0 aliphatic rings. The van der Waals surface area contributed by atoms with Crippen molar-refractivity contribution in [3.05, 3.63) is 65.7 Å². The van der Waals surface area contributed by atoms with Gasteiger partial charge in [0, 0.05) is 17.8 Å². The van der Waals surface area contributed by atoms with Gasteiger partial charge in [-0.25, -0.2) is 8.42 Å². The van der Waals surface area contributed by atoms with Gasteiger partial charge in [-0.05, 0) is 36.9 Å². The molecule has 0 unspecified atom stereocenters. The Kier molecular flexibility index (Phi) is 5.52. The van der Waals surface area contributed by atoms with E-state index in [2.05, 4.69) is 4.72 Å². The highest BCUT2D eigenvalue weighted by Gasteiger charge is 2.10. The molecule has 0 heterocycles. The molecule has 2 aromatic rings. The molecule has 0 bridgehead atoms. The molecule has 0 saturated carbocycles. The second-order valence-corrected chi connectivity index (χ2v) is 7.28. The number of hydrogen-bond acceptors (Lipinski definition) is 4. The lowest BCUT2D eigenvalue weighted by molar-refractivity contribution is 0.0943. The fraction of sp³-hybridized carbons (Fsp3) is 0.235. The van der Waals surface area contributed by atoms with Gasteiger partial charge in [0.2, 0.25) is 10.0 Å². The first kappa shape index (κ1) is 17.2. The Morgan fingerprint density at radius 3 is 2.22 bits per heavy atom. The predicted octanol–water partition coefficient (Wildman–Crippen LogP) is 2.37. The monoisotopic (exact) mass is 332 g/mol. The molecular formula is C17H20N2O3S. The lowest BCUT2D eigenvalue weighted by Gasteiger charge is -2.16. The summed E-state index contributed by atoms with van der Waals surface area (Å²) in [5.41, 5.74) is 2.15. The molecule has 0 fully saturated rings. The summed E-state index contributed by atoms with van der Waals surface area (Å²) in [5, 5.41) is 0. The molecule has 0 aliphatic carbocycles. The minimum Gasteiger partial charge on any atom is -0.295 e. The van der Waals surface area contributed by atoms with Crippen molar-refractivity contribution in [3.8, 4) is 0 Å². The average molecular weight is 332 g/mol. The van der Waals surface area contributed by atoms with Crippen LogP contribution in [0.15, 0.2) is 54.6 Å². The summed E-state index contributed by atoms with van der Waals surface area (Å²) < 4.78 is 24.7. The number of sulfonamides is 1. The Morgan fingerprint density at radius 1 is 1.04 bits per heavy atom. The molecule has 2 aromatic carbocycles. The molecule has 23 heavy (non-hydrogen) atoms. The molecule has 5 nitrogen and oxygen atoms in total. The number of carbonyl (C=O) groups excluding carboxylic acids is 1. The molecule has 1 N–H and O–H groups in total. The average Bonchev–Trinajstić information content (AvgIpc) is 2.47. The van der Waals surface area contributed by atoms with Crippen LogP contribution in [0.3, 0.4) is 0 Å². The number of likely N-dealkylation sites (N-methyl/N-ethyl adjacent to an activating group) is 1. The van der Waals surface area contributed by atoms with Gasteiger partial charge in [-0.1, -0.05) is 30.3 Å². The minimum atomic E-state index is -3.31. The maximum atomic E-state index is 12.3. The van der Waals surface area contributed by atoms with Gasteiger partial charge in [0.05, 0.1) is 12.8 Å². The second-order valence-electron chi connectivity index (χ2n) is 5.53. The number of benzene rings is 2. The van der Waals surface area contributed by atoms with E-state index in [9.17, 15) is 13.2 Å². The Balaban J connectivity index is 1.95. The van der Waals surface area contributed by atoms with E-state index in [4.69, 9.17) is 0 Å². The summed E-state index contributed by atoms with van der Waals surface area (Å²) in [6.07, 6.45) is 1.09. The van der Waals surface area contributed by atoms with Gasteiger partial charge in [-0.2, -0.15) is 0 Å². The predicted molar refractivity (Wildman–Crippen MR) is 92.0 cm³/mol. The number of nitrogens with one attached hydrogen (secondary N) is 1. The Bertz CT molecular complexity index is 756. The molecule has 0 radical (unpaired) electrons. The third kappa shape index (κ3) is 5.84. The van der Waals surface area contributed by atoms with Gasteiger partial charge < -0.3 is 0 Å². The highest BCUT2D eigenvalue weighted by atomic mass is 32.2. The Labute approximate surface area is 137 Å². The van der Waals surface area contributed by atoms with Crippen molar-refractivity contribution in [2.75, 3.05) is 24.6 Å². The van der Waals surface area contributed by atoms with E-state index >= 15 is 0 Å². The molecule has 122 valence electrons. The van der Waals surface area contributed by atoms with Crippen molar-refractivity contribution < 1.29 is 13.2 Å². The molecule has 0 saturated heterocycles. The SMILES string of the molecule is CN(CC(=O)c1ccc(NS(C)(=O)=O)cc1)Cc1ccccc1. The van der Waals surface area contributed by atoms with Gasteiger partial charge in [-0.15, -0.1) is 0 Å². The number of anilines is 1. The Morgan fingerprint density at radius 2 is 1.65 bits per heavy atom. The fourth-order valence-electron chi connectivity index (χ4n) is 2.23. The molecule has 6 heteroatoms. The molecule has 0 aromatic heterocycles. The van der Waals surface area contributed by atoms with Crippen molar-refractivity contribution in [2.24, 2.45) is 0 Å². The number of carbonyl (C=O) groups is 1. The van der Waals surface area contributed by atoms with E-state index in [1.54, 1.807) is 24.3 Å². The quantitative estimate of drug-likeness (QED) is 0.791. The summed E-state index contributed by atoms with van der Waals surface area (Å²) in [7, 11) is -1.41. The first-order valence-corrected chi connectivity index (χ1v) is 9.06. The van der Waals surface area contributed by atoms with Crippen LogP contribution < -0.4 is 4.72 Å². The van der Waals surface area contributed by atoms with Crippen LogP contribution in [0.2, 0.25) is 0 Å². The third-order valence-electron chi connectivity index (χ3n) is 3.22. The standard InChI is InChI=1S/C17H20N2O3S/c1-19(12-14-6-4-3-5-7-14)13-17(20)15-8-10-16(11-9-15)18-23(2,21)22/h3-11,18H,12-13H2,1-2H3. The highest BCUT2D eigenvalue weighted by molar-refractivity contribution is 7.92. The zero-order valence-corrected chi connectivity index (χ0v) is 14.0. The van der Waals surface area contributed by atoms with Gasteiger partial charge in [-0.3, -0.25) is 14.4 Å². The van der Waals surface area contributed by atoms with Crippen LogP contribution in [0, 0.1) is 0 Å². The van der Waals surface area contributed by atoms with E-state index in [0.717, 1.165) is 11.8 Å². The maximum absolute atomic E-state index is 12.3. The van der Waals surface area contributed by atoms with Crippen LogP contribution in [-0.4, -0.2) is 38.9 Å². The van der Waals surface area contributed by atoms with Crippen molar-refractivity contribution >= 4 is 21.5 Å². The summed E-state index contributed by atoms with van der Waals surface area (Å²) in [6, 6.07) is 16.4. The first-order chi connectivity index (χ1) is 10.8. The van der Waals surface area contributed by atoms with Crippen LogP contribution in [0.5, 0.6) is 0 Å². The van der Waals surface area contributed by atoms with E-state index in [0.29, 0.717) is 24.3 Å². The summed E-state index contributed by atoms with van der Waals surface area (Å²) >= 11 is 0. The van der Waals surface area contributed by atoms with Crippen molar-refractivity contribution in [1.82, 2.24) is 4.90 Å². The van der Waals surface area contributed by atoms with Crippen LogP contribution in [-0.2, 0) is 16.6 Å². The zero-order valence-electron chi connectivity index (χ0n) is 13.2. The highest BCUT2D eigenvalue weighted by Crippen LogP contribution is 2.12. The first-order valence-electron chi connectivity index (χ1n) is 7.17. The zero-order chi connectivity index (χ0) is 16.9. The van der Waals surface area contributed by atoms with Crippen LogP contribution in [0.1, 0.15) is 15.9 Å². The molecule has 0 aliphatic heterocycles. The minimum absolute atomic E-state index is 0.00524. The normalized spacial score (nSPS) is 11.4. The van der Waals surface area contributed by atoms with Gasteiger partial charge >= 0.3 is 0 Å². The van der Waals surface area contributed by atoms with Crippen LogP contribution in [0.4, 0.5) is 5.69 Å². The topological polar surface area (TPSA) is 66.5 Å². The molecule has 0 spiro atoms. The number of rotatable bonds is 7. The fourth-order valence-corrected chi connectivity index (χ4v) is 2.79. The van der Waals surface area contributed by atoms with Crippen LogP contribution >= 0.6 is 0 Å². The maximum Gasteiger partial charge on any atom is 0.229 e. The van der Waals surface area contributed by atoms with Gasteiger partial charge in [0.15, 0.2) is 5.78 Å². The molecule has 0 amide bonds. The molecular weight excluding hydrogens is 312 g/mol. The van der Waals surface area contributed by atoms with Crippen molar-refractivity contribution in [3.63, 3.8) is 0 Å². The third-order valence-corrected chi connectivity index (χ3v) is 3.83. The summed E-state index contributed by atoms with van der Waals surface area (Å²) in [5.74, 6) is -0.00524. The lowest BCUT2D eigenvalue weighted by Crippen LogP contribution is -2.25. The van der Waals surface area contributed by atoms with E-state index in [-0.39, 0.29) is 5.78 Å². The number of hydrogen-bond donors (Lipinski definition) is 1. The largest absolute Gasteiger partial charge is 0.295 e. The van der Waals surface area contributed by atoms with Crippen LogP contribution in [0.25, 0.3) is 0 Å². The van der Waals surface area contributed by atoms with Gasteiger partial charge in [0.1, 0.15) is 0 Å². The second kappa shape index (κ2) is 7.39. The van der Waals surface area contributed by atoms with Gasteiger partial charge in [0.25, 0.3) is 0 Å². The van der Waals surface area contributed by atoms with E-state index in [1.807, 2.05) is 42.3 Å². The lowest BCUT2D eigenvalue weighted by atomic mass is 10.1. The van der Waals surface area contributed by atoms with E-state index in [1.165, 1.54) is 0 Å². The van der Waals surface area contributed by atoms with Crippen molar-refractivity contribution in [1.29, 1.82) is 0 Å². The van der Waals surface area contributed by atoms with E-state index < -0.39 is 10.0 Å². The Hall–Kier alpha value is -2.18. The summed E-state index contributed by atoms with van der Waals surface area (Å²) in [6.45, 7) is 0.994. The molecule has 2 rings (SSSR count). The number of Topliss-reactive ketones (excluding diaryl/α,β-unsaturated/α-hetero) is 1. The summed E-state index contributed by atoms with van der Waals surface area (Å²) in [4.78, 5) is 14.2. The smallest absolute Gasteiger partial charge is 0.229 e. The number of nitrogens with zero attached hydrogens (tertiary/aromatic N) is 1. The van der Waals surface area contributed by atoms with Crippen molar-refractivity contribution in [2.45, 2.75) is 6.54 Å².